The van der Waals surface area contributed by atoms with Crippen molar-refractivity contribution in [2.45, 2.75) is 6.92 Å². The van der Waals surface area contributed by atoms with Crippen molar-refractivity contribution in [3.05, 3.63) is 41.3 Å². The number of pyridine rings is 1. The van der Waals surface area contributed by atoms with Crippen molar-refractivity contribution in [3.8, 4) is 11.6 Å². The standard InChI is InChI=1S/C12H9N3O3S/c1-7-8(3-2-4-13-7)18-10-9(11(16)17)15-5-6-19-12(15)14-10/h2-6H,1H3,(H,16,17). The molecule has 0 spiro atoms. The van der Waals surface area contributed by atoms with E-state index in [2.05, 4.69) is 9.97 Å². The van der Waals surface area contributed by atoms with Crippen LogP contribution in [0.5, 0.6) is 11.6 Å². The zero-order chi connectivity index (χ0) is 13.4. The van der Waals surface area contributed by atoms with E-state index >= 15 is 0 Å². The molecule has 0 aliphatic rings. The molecule has 0 amide bonds. The molecule has 0 radical (unpaired) electrons. The van der Waals surface area contributed by atoms with Gasteiger partial charge in [0.2, 0.25) is 0 Å². The minimum absolute atomic E-state index is 0.0134. The van der Waals surface area contributed by atoms with Crippen molar-refractivity contribution in [2.24, 2.45) is 0 Å². The van der Waals surface area contributed by atoms with Gasteiger partial charge in [-0.25, -0.2) is 4.79 Å². The maximum atomic E-state index is 11.3. The zero-order valence-corrected chi connectivity index (χ0v) is 10.7. The average Bonchev–Trinajstić information content (AvgIpc) is 2.91. The van der Waals surface area contributed by atoms with Gasteiger partial charge < -0.3 is 9.84 Å². The van der Waals surface area contributed by atoms with E-state index in [-0.39, 0.29) is 11.6 Å². The summed E-state index contributed by atoms with van der Waals surface area (Å²) in [5, 5.41) is 11.0. The van der Waals surface area contributed by atoms with E-state index in [4.69, 9.17) is 4.74 Å². The van der Waals surface area contributed by atoms with Crippen LogP contribution in [0.1, 0.15) is 16.2 Å². The Morgan fingerprint density at radius 1 is 1.53 bits per heavy atom. The number of aryl methyl sites for hydroxylation is 1. The van der Waals surface area contributed by atoms with Gasteiger partial charge in [-0.2, -0.15) is 4.98 Å². The van der Waals surface area contributed by atoms with Crippen LogP contribution in [-0.4, -0.2) is 25.4 Å². The third-order valence-corrected chi connectivity index (χ3v) is 3.35. The first-order valence-electron chi connectivity index (χ1n) is 5.45. The monoisotopic (exact) mass is 275 g/mol. The van der Waals surface area contributed by atoms with E-state index in [1.807, 2.05) is 0 Å². The molecule has 0 aliphatic heterocycles. The molecule has 0 saturated carbocycles. The summed E-state index contributed by atoms with van der Waals surface area (Å²) in [4.78, 5) is 20.2. The number of carboxylic acids is 1. The first-order chi connectivity index (χ1) is 9.16. The Morgan fingerprint density at radius 2 is 2.37 bits per heavy atom. The van der Waals surface area contributed by atoms with Crippen LogP contribution >= 0.6 is 11.3 Å². The predicted molar refractivity (Wildman–Crippen MR) is 69.1 cm³/mol. The molecule has 3 rings (SSSR count). The number of hydrogen-bond acceptors (Lipinski definition) is 5. The summed E-state index contributed by atoms with van der Waals surface area (Å²) in [5.74, 6) is -0.506. The minimum atomic E-state index is -1.08. The third kappa shape index (κ3) is 1.93. The van der Waals surface area contributed by atoms with Crippen LogP contribution in [0.4, 0.5) is 0 Å². The summed E-state index contributed by atoms with van der Waals surface area (Å²) in [6.07, 6.45) is 3.30. The molecule has 3 heterocycles. The summed E-state index contributed by atoms with van der Waals surface area (Å²) in [5.41, 5.74) is 0.690. The smallest absolute Gasteiger partial charge is 0.358 e. The predicted octanol–water partition coefficient (Wildman–Crippen LogP) is 2.59. The Bertz CT molecular complexity index is 763. The molecular formula is C12H9N3O3S. The lowest BCUT2D eigenvalue weighted by Crippen LogP contribution is -2.03. The number of aromatic carboxylic acids is 1. The number of thiazole rings is 1. The molecular weight excluding hydrogens is 266 g/mol. The lowest BCUT2D eigenvalue weighted by molar-refractivity contribution is 0.0686. The highest BCUT2D eigenvalue weighted by atomic mass is 32.1. The Morgan fingerprint density at radius 3 is 3.11 bits per heavy atom. The second-order valence-corrected chi connectivity index (χ2v) is 4.69. The van der Waals surface area contributed by atoms with Crippen molar-refractivity contribution in [3.63, 3.8) is 0 Å². The number of carbonyl (C=O) groups is 1. The van der Waals surface area contributed by atoms with Crippen LogP contribution in [0.3, 0.4) is 0 Å². The van der Waals surface area contributed by atoms with Gasteiger partial charge in [0.1, 0.15) is 0 Å². The van der Waals surface area contributed by atoms with Gasteiger partial charge in [-0.1, -0.05) is 0 Å². The lowest BCUT2D eigenvalue weighted by atomic mass is 10.3. The number of rotatable bonds is 3. The van der Waals surface area contributed by atoms with Gasteiger partial charge in [-0.05, 0) is 19.1 Å². The topological polar surface area (TPSA) is 76.7 Å². The summed E-state index contributed by atoms with van der Waals surface area (Å²) >= 11 is 1.35. The van der Waals surface area contributed by atoms with Gasteiger partial charge in [-0.3, -0.25) is 9.38 Å². The molecule has 0 saturated heterocycles. The first-order valence-corrected chi connectivity index (χ1v) is 6.33. The maximum absolute atomic E-state index is 11.3. The Kier molecular flexibility index (Phi) is 2.68. The first kappa shape index (κ1) is 11.7. The molecule has 3 aromatic heterocycles. The van der Waals surface area contributed by atoms with Crippen molar-refractivity contribution in [1.29, 1.82) is 0 Å². The SMILES string of the molecule is Cc1ncccc1Oc1nc2sccn2c1C(=O)O. The molecule has 1 N–H and O–H groups in total. The van der Waals surface area contributed by atoms with E-state index in [0.29, 0.717) is 16.4 Å². The van der Waals surface area contributed by atoms with Crippen molar-refractivity contribution in [1.82, 2.24) is 14.4 Å². The summed E-state index contributed by atoms with van der Waals surface area (Å²) < 4.78 is 7.07. The normalized spacial score (nSPS) is 10.8. The van der Waals surface area contributed by atoms with Crippen molar-refractivity contribution < 1.29 is 14.6 Å². The van der Waals surface area contributed by atoms with Crippen LogP contribution < -0.4 is 4.74 Å². The third-order valence-electron chi connectivity index (χ3n) is 2.60. The number of aromatic nitrogens is 3. The van der Waals surface area contributed by atoms with E-state index in [1.54, 1.807) is 36.8 Å². The Hall–Kier alpha value is -2.41. The number of imidazole rings is 1. The Balaban J connectivity index is 2.10. The number of fused-ring (bicyclic) bond motifs is 1. The molecule has 0 unspecified atom stereocenters. The molecule has 96 valence electrons. The van der Waals surface area contributed by atoms with Crippen molar-refractivity contribution >= 4 is 22.3 Å². The van der Waals surface area contributed by atoms with Crippen LogP contribution in [0, 0.1) is 6.92 Å². The maximum Gasteiger partial charge on any atom is 0.358 e. The van der Waals surface area contributed by atoms with Gasteiger partial charge >= 0.3 is 5.97 Å². The second-order valence-electron chi connectivity index (χ2n) is 3.82. The lowest BCUT2D eigenvalue weighted by Gasteiger charge is -2.05. The van der Waals surface area contributed by atoms with E-state index < -0.39 is 5.97 Å². The fraction of sp³-hybridized carbons (Fsp3) is 0.0833. The number of carboxylic acid groups (broad SMARTS) is 1. The van der Waals surface area contributed by atoms with Gasteiger partial charge in [0, 0.05) is 17.8 Å². The van der Waals surface area contributed by atoms with E-state index in [9.17, 15) is 9.90 Å². The highest BCUT2D eigenvalue weighted by molar-refractivity contribution is 7.15. The summed E-state index contributed by atoms with van der Waals surface area (Å²) in [7, 11) is 0. The largest absolute Gasteiger partial charge is 0.476 e. The number of nitrogens with zero attached hydrogens (tertiary/aromatic N) is 3. The highest BCUT2D eigenvalue weighted by Gasteiger charge is 2.21. The molecule has 0 aliphatic carbocycles. The Labute approximate surface area is 111 Å². The van der Waals surface area contributed by atoms with Crippen LogP contribution in [0.15, 0.2) is 29.9 Å². The zero-order valence-electron chi connectivity index (χ0n) is 9.90. The van der Waals surface area contributed by atoms with Crippen LogP contribution in [-0.2, 0) is 0 Å². The van der Waals surface area contributed by atoms with Gasteiger partial charge in [0.25, 0.3) is 5.88 Å². The van der Waals surface area contributed by atoms with E-state index in [0.717, 1.165) is 0 Å². The molecule has 7 heteroatoms. The fourth-order valence-corrected chi connectivity index (χ4v) is 2.42. The molecule has 0 atom stereocenters. The van der Waals surface area contributed by atoms with Crippen molar-refractivity contribution in [2.75, 3.05) is 0 Å². The number of hydrogen-bond donors (Lipinski definition) is 1. The van der Waals surface area contributed by atoms with Gasteiger partial charge in [-0.15, -0.1) is 11.3 Å². The summed E-state index contributed by atoms with van der Waals surface area (Å²) in [6, 6.07) is 3.45. The van der Waals surface area contributed by atoms with Gasteiger partial charge in [0.15, 0.2) is 16.4 Å². The second kappa shape index (κ2) is 4.36. The average molecular weight is 275 g/mol. The molecule has 0 bridgehead atoms. The molecule has 3 aromatic rings. The molecule has 6 nitrogen and oxygen atoms in total. The number of ether oxygens (including phenoxy) is 1. The minimum Gasteiger partial charge on any atom is -0.476 e. The van der Waals surface area contributed by atoms with Gasteiger partial charge in [0.05, 0.1) is 5.69 Å². The summed E-state index contributed by atoms with van der Waals surface area (Å²) in [6.45, 7) is 1.79. The molecule has 0 fully saturated rings. The highest BCUT2D eigenvalue weighted by Crippen LogP contribution is 2.28. The van der Waals surface area contributed by atoms with Crippen LogP contribution in [0.2, 0.25) is 0 Å². The van der Waals surface area contributed by atoms with Crippen LogP contribution in [0.25, 0.3) is 4.96 Å². The quantitative estimate of drug-likeness (QED) is 0.795. The molecule has 19 heavy (non-hydrogen) atoms. The van der Waals surface area contributed by atoms with E-state index in [1.165, 1.54) is 15.7 Å². The molecule has 0 aromatic carbocycles. The fourth-order valence-electron chi connectivity index (χ4n) is 1.71.